The average molecular weight is 357 g/mol. The zero-order valence-corrected chi connectivity index (χ0v) is 15.0. The zero-order chi connectivity index (χ0) is 17.9. The van der Waals surface area contributed by atoms with Gasteiger partial charge in [0.05, 0.1) is 18.7 Å². The Morgan fingerprint density at radius 2 is 2.19 bits per heavy atom. The third kappa shape index (κ3) is 3.34. The molecule has 4 heterocycles. The van der Waals surface area contributed by atoms with E-state index in [-0.39, 0.29) is 12.1 Å². The van der Waals surface area contributed by atoms with Crippen LogP contribution in [0.3, 0.4) is 0 Å². The van der Waals surface area contributed by atoms with Gasteiger partial charge >= 0.3 is 0 Å². The van der Waals surface area contributed by atoms with Crippen molar-refractivity contribution < 1.29 is 9.47 Å². The summed E-state index contributed by atoms with van der Waals surface area (Å²) in [6.45, 7) is 4.84. The van der Waals surface area contributed by atoms with Gasteiger partial charge in [0.1, 0.15) is 25.1 Å². The molecule has 9 nitrogen and oxygen atoms in total. The molecule has 0 unspecified atom stereocenters. The highest BCUT2D eigenvalue weighted by atomic mass is 16.5. The van der Waals surface area contributed by atoms with Crippen LogP contribution in [-0.2, 0) is 4.74 Å². The summed E-state index contributed by atoms with van der Waals surface area (Å²) in [7, 11) is 1.75. The lowest BCUT2D eigenvalue weighted by molar-refractivity contribution is 0.118. The number of aromatic nitrogens is 4. The van der Waals surface area contributed by atoms with E-state index in [2.05, 4.69) is 35.5 Å². The standard InChI is InChI=1S/C17H23N7O2/c1-11-5-14(21-9-20-11)24-8-13(25-2)6-12(24)7-19-17-15-16(22-10-23-17)18-3-4-26-15/h5,9-10,12-13H,3-4,6-8H2,1-2H3,(H2,18,19,22,23)/t12-,13-/m0/s1. The first kappa shape index (κ1) is 16.8. The number of nitrogens with one attached hydrogen (secondary N) is 2. The summed E-state index contributed by atoms with van der Waals surface area (Å²) in [5.74, 6) is 3.05. The topological polar surface area (TPSA) is 97.3 Å². The third-order valence-corrected chi connectivity index (χ3v) is 4.74. The number of hydrogen-bond acceptors (Lipinski definition) is 9. The van der Waals surface area contributed by atoms with Crippen molar-refractivity contribution in [3.63, 3.8) is 0 Å². The molecule has 0 aliphatic carbocycles. The van der Waals surface area contributed by atoms with Crippen LogP contribution in [0, 0.1) is 6.92 Å². The molecular formula is C17H23N7O2. The monoisotopic (exact) mass is 357 g/mol. The number of anilines is 3. The fraction of sp³-hybridized carbons (Fsp3) is 0.529. The smallest absolute Gasteiger partial charge is 0.204 e. The molecule has 26 heavy (non-hydrogen) atoms. The maximum atomic E-state index is 5.73. The Morgan fingerprint density at radius 1 is 1.31 bits per heavy atom. The minimum absolute atomic E-state index is 0.175. The van der Waals surface area contributed by atoms with Crippen LogP contribution < -0.4 is 20.3 Å². The molecular weight excluding hydrogens is 334 g/mol. The second-order valence-electron chi connectivity index (χ2n) is 6.47. The minimum Gasteiger partial charge on any atom is -0.485 e. The number of aryl methyl sites for hydroxylation is 1. The van der Waals surface area contributed by atoms with Crippen molar-refractivity contribution in [1.82, 2.24) is 19.9 Å². The molecule has 9 heteroatoms. The lowest BCUT2D eigenvalue weighted by Gasteiger charge is -2.26. The molecule has 0 amide bonds. The van der Waals surface area contributed by atoms with Crippen molar-refractivity contribution in [1.29, 1.82) is 0 Å². The Kier molecular flexibility index (Phi) is 4.70. The second kappa shape index (κ2) is 7.28. The van der Waals surface area contributed by atoms with Crippen LogP contribution in [0.4, 0.5) is 17.5 Å². The van der Waals surface area contributed by atoms with Crippen molar-refractivity contribution in [3.8, 4) is 5.75 Å². The Bertz CT molecular complexity index is 773. The Morgan fingerprint density at radius 3 is 3.04 bits per heavy atom. The van der Waals surface area contributed by atoms with Crippen LogP contribution in [-0.4, -0.2) is 65.4 Å². The van der Waals surface area contributed by atoms with E-state index in [0.29, 0.717) is 24.7 Å². The quantitative estimate of drug-likeness (QED) is 0.815. The molecule has 0 radical (unpaired) electrons. The number of nitrogens with zero attached hydrogens (tertiary/aromatic N) is 5. The largest absolute Gasteiger partial charge is 0.485 e. The summed E-state index contributed by atoms with van der Waals surface area (Å²) < 4.78 is 11.3. The molecule has 2 aliphatic heterocycles. The van der Waals surface area contributed by atoms with Gasteiger partial charge in [-0.1, -0.05) is 0 Å². The predicted molar refractivity (Wildman–Crippen MR) is 97.8 cm³/mol. The predicted octanol–water partition coefficient (Wildman–Crippen LogP) is 1.09. The summed E-state index contributed by atoms with van der Waals surface area (Å²) in [4.78, 5) is 19.5. The molecule has 2 N–H and O–H groups in total. The van der Waals surface area contributed by atoms with E-state index >= 15 is 0 Å². The van der Waals surface area contributed by atoms with E-state index < -0.39 is 0 Å². The Hall–Kier alpha value is -2.68. The lowest BCUT2D eigenvalue weighted by Crippen LogP contribution is -2.36. The number of methoxy groups -OCH3 is 1. The van der Waals surface area contributed by atoms with Gasteiger partial charge in [-0.05, 0) is 13.3 Å². The molecule has 0 spiro atoms. The lowest BCUT2D eigenvalue weighted by atomic mass is 10.2. The zero-order valence-electron chi connectivity index (χ0n) is 15.0. The van der Waals surface area contributed by atoms with Gasteiger partial charge in [-0.15, -0.1) is 0 Å². The summed E-state index contributed by atoms with van der Waals surface area (Å²) in [6.07, 6.45) is 4.24. The van der Waals surface area contributed by atoms with Gasteiger partial charge < -0.3 is 25.0 Å². The van der Waals surface area contributed by atoms with Crippen molar-refractivity contribution in [2.24, 2.45) is 0 Å². The molecule has 2 aromatic rings. The number of hydrogen-bond donors (Lipinski definition) is 2. The van der Waals surface area contributed by atoms with Crippen LogP contribution in [0.1, 0.15) is 12.1 Å². The molecule has 2 atom stereocenters. The third-order valence-electron chi connectivity index (χ3n) is 4.74. The van der Waals surface area contributed by atoms with E-state index in [1.807, 2.05) is 13.0 Å². The molecule has 2 aromatic heterocycles. The molecule has 1 saturated heterocycles. The second-order valence-corrected chi connectivity index (χ2v) is 6.47. The van der Waals surface area contributed by atoms with Gasteiger partial charge in [0.15, 0.2) is 11.6 Å². The first-order valence-electron chi connectivity index (χ1n) is 8.78. The van der Waals surface area contributed by atoms with Crippen LogP contribution in [0.5, 0.6) is 5.75 Å². The minimum atomic E-state index is 0.175. The molecule has 0 bridgehead atoms. The van der Waals surface area contributed by atoms with Crippen LogP contribution >= 0.6 is 0 Å². The van der Waals surface area contributed by atoms with Gasteiger partial charge in [0.2, 0.25) is 5.75 Å². The molecule has 0 aromatic carbocycles. The fourth-order valence-electron chi connectivity index (χ4n) is 3.42. The molecule has 138 valence electrons. The SMILES string of the molecule is CO[C@H]1C[C@@H](CNc2ncnc3c2OCCN3)N(c2cc(C)ncn2)C1. The number of rotatable bonds is 5. The van der Waals surface area contributed by atoms with E-state index in [0.717, 1.165) is 36.8 Å². The summed E-state index contributed by atoms with van der Waals surface area (Å²) in [5.41, 5.74) is 0.951. The van der Waals surface area contributed by atoms with Gasteiger partial charge in [-0.2, -0.15) is 0 Å². The summed E-state index contributed by atoms with van der Waals surface area (Å²) in [5, 5.41) is 6.64. The molecule has 0 saturated carbocycles. The van der Waals surface area contributed by atoms with E-state index in [9.17, 15) is 0 Å². The average Bonchev–Trinajstić information content (AvgIpc) is 3.10. The fourth-order valence-corrected chi connectivity index (χ4v) is 3.42. The first-order valence-corrected chi connectivity index (χ1v) is 8.78. The summed E-state index contributed by atoms with van der Waals surface area (Å²) in [6, 6.07) is 2.24. The normalized spacial score (nSPS) is 21.7. The highest BCUT2D eigenvalue weighted by molar-refractivity contribution is 5.64. The molecule has 4 rings (SSSR count). The van der Waals surface area contributed by atoms with E-state index in [1.165, 1.54) is 0 Å². The van der Waals surface area contributed by atoms with Gasteiger partial charge in [-0.3, -0.25) is 0 Å². The summed E-state index contributed by atoms with van der Waals surface area (Å²) >= 11 is 0. The van der Waals surface area contributed by atoms with Gasteiger partial charge in [0, 0.05) is 32.0 Å². The van der Waals surface area contributed by atoms with Gasteiger partial charge in [-0.25, -0.2) is 19.9 Å². The van der Waals surface area contributed by atoms with Crippen molar-refractivity contribution in [3.05, 3.63) is 24.4 Å². The van der Waals surface area contributed by atoms with Crippen LogP contribution in [0.15, 0.2) is 18.7 Å². The Balaban J connectivity index is 1.51. The van der Waals surface area contributed by atoms with Crippen LogP contribution in [0.25, 0.3) is 0 Å². The van der Waals surface area contributed by atoms with Crippen molar-refractivity contribution in [2.75, 3.05) is 48.9 Å². The highest BCUT2D eigenvalue weighted by Gasteiger charge is 2.33. The number of fused-ring (bicyclic) bond motifs is 1. The number of ether oxygens (including phenoxy) is 2. The highest BCUT2D eigenvalue weighted by Crippen LogP contribution is 2.32. The van der Waals surface area contributed by atoms with E-state index in [1.54, 1.807) is 19.8 Å². The Labute approximate surface area is 152 Å². The van der Waals surface area contributed by atoms with Crippen LogP contribution in [0.2, 0.25) is 0 Å². The van der Waals surface area contributed by atoms with Crippen molar-refractivity contribution in [2.45, 2.75) is 25.5 Å². The van der Waals surface area contributed by atoms with Gasteiger partial charge in [0.25, 0.3) is 0 Å². The maximum absolute atomic E-state index is 5.73. The first-order chi connectivity index (χ1) is 12.7. The molecule has 1 fully saturated rings. The maximum Gasteiger partial charge on any atom is 0.204 e. The van der Waals surface area contributed by atoms with E-state index in [4.69, 9.17) is 9.47 Å². The van der Waals surface area contributed by atoms with Crippen molar-refractivity contribution >= 4 is 17.5 Å². The molecule has 2 aliphatic rings.